The summed E-state index contributed by atoms with van der Waals surface area (Å²) >= 11 is 0. The summed E-state index contributed by atoms with van der Waals surface area (Å²) in [5.41, 5.74) is 0. The minimum absolute atomic E-state index is 0.183. The van der Waals surface area contributed by atoms with Crippen LogP contribution in [0.3, 0.4) is 0 Å². The highest BCUT2D eigenvalue weighted by Gasteiger charge is 2.42. The Labute approximate surface area is 97.7 Å². The van der Waals surface area contributed by atoms with Crippen LogP contribution in [0.4, 0.5) is 0 Å². The van der Waals surface area contributed by atoms with E-state index in [-0.39, 0.29) is 18.3 Å². The Hall–Kier alpha value is -0.135. The molecule has 0 aromatic carbocycles. The van der Waals surface area contributed by atoms with E-state index in [1.54, 1.807) is 21.3 Å². The molecular weight excluding hydrogens is 211 g/mol. The zero-order valence-corrected chi connectivity index (χ0v) is 10.0. The molecule has 0 aliphatic carbocycles. The fourth-order valence-corrected chi connectivity index (χ4v) is 1.80. The van der Waals surface area contributed by atoms with Crippen molar-refractivity contribution in [1.82, 2.24) is 0 Å². The minimum atomic E-state index is -0.484. The largest absolute Gasteiger partial charge is 0.382 e. The van der Waals surface area contributed by atoms with Crippen molar-refractivity contribution in [3.05, 3.63) is 0 Å². The first-order valence-electron chi connectivity index (χ1n) is 5.28. The lowest BCUT2D eigenvalue weighted by molar-refractivity contribution is -0.0629. The Morgan fingerprint density at radius 3 is 2.38 bits per heavy atom. The molecule has 2 radical (unpaired) electrons. The molecule has 0 aromatic heterocycles. The van der Waals surface area contributed by atoms with Gasteiger partial charge in [-0.05, 0) is 0 Å². The van der Waals surface area contributed by atoms with Crippen molar-refractivity contribution in [3.8, 4) is 0 Å². The standard InChI is InChI=1S/C10H19BO5/c1-12-4-5-15-9-8(14-3)7(6-13-2)16-10(9)11/h7-10H,4-6H2,1-3H3/t7-,8-,9-,10-/m1/s1. The maximum atomic E-state index is 5.82. The Kier molecular flexibility index (Phi) is 6.30. The molecule has 0 N–H and O–H groups in total. The summed E-state index contributed by atoms with van der Waals surface area (Å²) < 4.78 is 26.4. The van der Waals surface area contributed by atoms with Gasteiger partial charge in [0.15, 0.2) is 0 Å². The average Bonchev–Trinajstić information content (AvgIpc) is 2.56. The van der Waals surface area contributed by atoms with E-state index in [2.05, 4.69) is 0 Å². The zero-order valence-electron chi connectivity index (χ0n) is 10.0. The van der Waals surface area contributed by atoms with E-state index in [0.29, 0.717) is 19.8 Å². The first kappa shape index (κ1) is 13.9. The minimum Gasteiger partial charge on any atom is -0.382 e. The SMILES string of the molecule is [B][C@@H]1O[C@H](COC)[C@@H](OC)[C@H]1OCCOC. The molecule has 1 aliphatic rings. The molecule has 1 saturated heterocycles. The van der Waals surface area contributed by atoms with Crippen LogP contribution in [0.15, 0.2) is 0 Å². The van der Waals surface area contributed by atoms with Crippen molar-refractivity contribution in [2.24, 2.45) is 0 Å². The van der Waals surface area contributed by atoms with Gasteiger partial charge in [-0.15, -0.1) is 0 Å². The summed E-state index contributed by atoms with van der Waals surface area (Å²) in [6, 6.07) is -0.484. The van der Waals surface area contributed by atoms with Gasteiger partial charge in [0, 0.05) is 27.3 Å². The van der Waals surface area contributed by atoms with Gasteiger partial charge in [-0.3, -0.25) is 0 Å². The second-order valence-corrected chi connectivity index (χ2v) is 3.62. The fourth-order valence-electron chi connectivity index (χ4n) is 1.80. The van der Waals surface area contributed by atoms with Crippen molar-refractivity contribution < 1.29 is 23.7 Å². The molecule has 1 heterocycles. The van der Waals surface area contributed by atoms with E-state index < -0.39 is 6.00 Å². The van der Waals surface area contributed by atoms with Gasteiger partial charge in [-0.25, -0.2) is 0 Å². The predicted octanol–water partition coefficient (Wildman–Crippen LogP) is -0.427. The molecule has 0 spiro atoms. The normalized spacial score (nSPS) is 34.4. The van der Waals surface area contributed by atoms with E-state index in [1.165, 1.54) is 0 Å². The van der Waals surface area contributed by atoms with Gasteiger partial charge in [0.1, 0.15) is 26.2 Å². The van der Waals surface area contributed by atoms with Crippen LogP contribution < -0.4 is 0 Å². The monoisotopic (exact) mass is 230 g/mol. The molecule has 0 aromatic rings. The molecule has 0 saturated carbocycles. The van der Waals surface area contributed by atoms with Crippen LogP contribution in [0, 0.1) is 0 Å². The zero-order chi connectivity index (χ0) is 12.0. The third-order valence-corrected chi connectivity index (χ3v) is 2.55. The van der Waals surface area contributed by atoms with Crippen molar-refractivity contribution in [1.29, 1.82) is 0 Å². The fraction of sp³-hybridized carbons (Fsp3) is 1.00. The quantitative estimate of drug-likeness (QED) is 0.438. The smallest absolute Gasteiger partial charge is 0.113 e. The van der Waals surface area contributed by atoms with Crippen LogP contribution in [-0.4, -0.2) is 73.3 Å². The van der Waals surface area contributed by atoms with Gasteiger partial charge >= 0.3 is 0 Å². The lowest BCUT2D eigenvalue weighted by Crippen LogP contribution is -2.39. The highest BCUT2D eigenvalue weighted by atomic mass is 16.6. The van der Waals surface area contributed by atoms with Crippen molar-refractivity contribution >= 4 is 7.85 Å². The van der Waals surface area contributed by atoms with Gasteiger partial charge < -0.3 is 23.7 Å². The molecule has 0 amide bonds. The van der Waals surface area contributed by atoms with Gasteiger partial charge in [0.2, 0.25) is 0 Å². The summed E-state index contributed by atoms with van der Waals surface area (Å²) in [4.78, 5) is 0. The first-order chi connectivity index (χ1) is 7.74. The molecule has 1 aliphatic heterocycles. The molecule has 0 unspecified atom stereocenters. The summed E-state index contributed by atoms with van der Waals surface area (Å²) in [5, 5.41) is 0. The third kappa shape index (κ3) is 3.43. The Balaban J connectivity index is 2.46. The van der Waals surface area contributed by atoms with Gasteiger partial charge in [0.05, 0.1) is 19.8 Å². The van der Waals surface area contributed by atoms with E-state index in [4.69, 9.17) is 31.5 Å². The van der Waals surface area contributed by atoms with Crippen LogP contribution in [0.2, 0.25) is 0 Å². The maximum absolute atomic E-state index is 5.82. The molecule has 4 atom stereocenters. The van der Waals surface area contributed by atoms with Crippen LogP contribution in [0.5, 0.6) is 0 Å². The molecule has 16 heavy (non-hydrogen) atoms. The van der Waals surface area contributed by atoms with Crippen LogP contribution in [0.1, 0.15) is 0 Å². The number of ether oxygens (including phenoxy) is 5. The molecule has 1 rings (SSSR count). The first-order valence-corrected chi connectivity index (χ1v) is 5.28. The molecule has 0 bridgehead atoms. The van der Waals surface area contributed by atoms with E-state index in [0.717, 1.165) is 0 Å². The van der Waals surface area contributed by atoms with Gasteiger partial charge in [0.25, 0.3) is 0 Å². The Morgan fingerprint density at radius 1 is 1.06 bits per heavy atom. The number of methoxy groups -OCH3 is 3. The Bertz CT molecular complexity index is 192. The van der Waals surface area contributed by atoms with Crippen molar-refractivity contribution in [2.75, 3.05) is 41.2 Å². The van der Waals surface area contributed by atoms with Crippen LogP contribution in [0.25, 0.3) is 0 Å². The predicted molar refractivity (Wildman–Crippen MR) is 58.7 cm³/mol. The highest BCUT2D eigenvalue weighted by Crippen LogP contribution is 2.24. The third-order valence-electron chi connectivity index (χ3n) is 2.55. The topological polar surface area (TPSA) is 46.2 Å². The molecule has 6 heteroatoms. The maximum Gasteiger partial charge on any atom is 0.113 e. The molecule has 1 fully saturated rings. The second-order valence-electron chi connectivity index (χ2n) is 3.62. The Morgan fingerprint density at radius 2 is 1.81 bits per heavy atom. The van der Waals surface area contributed by atoms with Crippen LogP contribution >= 0.6 is 0 Å². The van der Waals surface area contributed by atoms with Crippen LogP contribution in [-0.2, 0) is 23.7 Å². The highest BCUT2D eigenvalue weighted by molar-refractivity contribution is 6.11. The molecule has 5 nitrogen and oxygen atoms in total. The number of hydrogen-bond acceptors (Lipinski definition) is 5. The summed E-state index contributed by atoms with van der Waals surface area (Å²) in [6.07, 6.45) is -0.662. The van der Waals surface area contributed by atoms with E-state index >= 15 is 0 Å². The molecular formula is C10H19BO5. The van der Waals surface area contributed by atoms with Crippen molar-refractivity contribution in [2.45, 2.75) is 24.3 Å². The van der Waals surface area contributed by atoms with Gasteiger partial charge in [-0.2, -0.15) is 0 Å². The number of hydrogen-bond donors (Lipinski definition) is 0. The second kappa shape index (κ2) is 7.24. The number of rotatable bonds is 7. The van der Waals surface area contributed by atoms with E-state index in [1.807, 2.05) is 0 Å². The van der Waals surface area contributed by atoms with Gasteiger partial charge in [-0.1, -0.05) is 0 Å². The summed E-state index contributed by atoms with van der Waals surface area (Å²) in [5.74, 6) is 0. The van der Waals surface area contributed by atoms with E-state index in [9.17, 15) is 0 Å². The average molecular weight is 230 g/mol. The molecule has 92 valence electrons. The lowest BCUT2D eigenvalue weighted by Gasteiger charge is -2.22. The van der Waals surface area contributed by atoms with Crippen molar-refractivity contribution in [3.63, 3.8) is 0 Å². The lowest BCUT2D eigenvalue weighted by atomic mass is 9.93. The summed E-state index contributed by atoms with van der Waals surface area (Å²) in [6.45, 7) is 1.43. The summed E-state index contributed by atoms with van der Waals surface area (Å²) in [7, 11) is 10.7.